The van der Waals surface area contributed by atoms with Gasteiger partial charge in [0.2, 0.25) is 11.8 Å². The third kappa shape index (κ3) is 6.00. The smallest absolute Gasteiger partial charge is 0.226 e. The quantitative estimate of drug-likeness (QED) is 0.745. The lowest BCUT2D eigenvalue weighted by Gasteiger charge is -2.21. The van der Waals surface area contributed by atoms with Gasteiger partial charge in [0.1, 0.15) is 5.82 Å². The van der Waals surface area contributed by atoms with Crippen LogP contribution in [0.5, 0.6) is 0 Å². The summed E-state index contributed by atoms with van der Waals surface area (Å²) in [5.74, 6) is -0.740. The summed E-state index contributed by atoms with van der Waals surface area (Å²) in [6, 6.07) is 11.2. The highest BCUT2D eigenvalue weighted by molar-refractivity contribution is 6.36. The number of rotatable bonds is 7. The molecule has 0 heterocycles. The normalized spacial score (nSPS) is 10.5. The van der Waals surface area contributed by atoms with E-state index >= 15 is 0 Å². The van der Waals surface area contributed by atoms with Crippen molar-refractivity contribution in [2.75, 3.05) is 18.4 Å². The van der Waals surface area contributed by atoms with Crippen molar-refractivity contribution in [3.8, 4) is 0 Å². The predicted octanol–water partition coefficient (Wildman–Crippen LogP) is 4.55. The van der Waals surface area contributed by atoms with E-state index in [1.165, 1.54) is 24.0 Å². The average Bonchev–Trinajstić information content (AvgIpc) is 2.58. The molecule has 2 amide bonds. The first-order valence-corrected chi connectivity index (χ1v) is 8.86. The van der Waals surface area contributed by atoms with Gasteiger partial charge in [0, 0.05) is 31.5 Å². The van der Waals surface area contributed by atoms with Gasteiger partial charge >= 0.3 is 0 Å². The van der Waals surface area contributed by atoms with Crippen LogP contribution in [0.1, 0.15) is 18.9 Å². The zero-order valence-corrected chi connectivity index (χ0v) is 15.8. The Kier molecular flexibility index (Phi) is 7.42. The van der Waals surface area contributed by atoms with E-state index in [-0.39, 0.29) is 30.6 Å². The maximum atomic E-state index is 13.7. The third-order valence-electron chi connectivity index (χ3n) is 3.87. The van der Waals surface area contributed by atoms with E-state index in [4.69, 9.17) is 23.2 Å². The minimum absolute atomic E-state index is 0.107. The maximum absolute atomic E-state index is 13.7. The number of nitrogens with one attached hydrogen (secondary N) is 1. The van der Waals surface area contributed by atoms with Gasteiger partial charge < -0.3 is 10.2 Å². The molecular weight excluding hydrogens is 378 g/mol. The van der Waals surface area contributed by atoms with E-state index in [0.717, 1.165) is 0 Å². The Hall–Kier alpha value is -2.11. The monoisotopic (exact) mass is 396 g/mol. The number of halogens is 3. The maximum Gasteiger partial charge on any atom is 0.226 e. The molecule has 2 aromatic carbocycles. The van der Waals surface area contributed by atoms with Crippen molar-refractivity contribution in [3.05, 3.63) is 63.9 Å². The van der Waals surface area contributed by atoms with Crippen LogP contribution < -0.4 is 5.32 Å². The van der Waals surface area contributed by atoms with E-state index in [1.54, 1.807) is 30.3 Å². The molecule has 0 unspecified atom stereocenters. The van der Waals surface area contributed by atoms with Gasteiger partial charge in [-0.25, -0.2) is 4.39 Å². The fourth-order valence-corrected chi connectivity index (χ4v) is 2.88. The molecule has 2 rings (SSSR count). The second-order valence-corrected chi connectivity index (χ2v) is 6.61. The van der Waals surface area contributed by atoms with E-state index in [9.17, 15) is 14.0 Å². The van der Waals surface area contributed by atoms with Crippen LogP contribution in [0.4, 0.5) is 10.1 Å². The second-order valence-electron chi connectivity index (χ2n) is 5.77. The van der Waals surface area contributed by atoms with E-state index in [2.05, 4.69) is 5.32 Å². The SMILES string of the molecule is CC(=O)N(CCC(=O)Nc1ccc(Cl)cc1Cl)CCc1ccccc1F. The lowest BCUT2D eigenvalue weighted by Crippen LogP contribution is -2.33. The minimum Gasteiger partial charge on any atom is -0.342 e. The molecule has 7 heteroatoms. The van der Waals surface area contributed by atoms with Crippen molar-refractivity contribution in [1.29, 1.82) is 0 Å². The van der Waals surface area contributed by atoms with E-state index in [1.807, 2.05) is 0 Å². The number of carbonyl (C=O) groups excluding carboxylic acids is 2. The zero-order chi connectivity index (χ0) is 19.1. The molecule has 0 atom stereocenters. The van der Waals surface area contributed by atoms with Gasteiger partial charge in [0.15, 0.2) is 0 Å². The van der Waals surface area contributed by atoms with Crippen LogP contribution in [0.2, 0.25) is 10.0 Å². The summed E-state index contributed by atoms with van der Waals surface area (Å²) in [5, 5.41) is 3.50. The molecule has 0 aliphatic heterocycles. The van der Waals surface area contributed by atoms with Crippen LogP contribution in [0.25, 0.3) is 0 Å². The van der Waals surface area contributed by atoms with Gasteiger partial charge in [-0.3, -0.25) is 9.59 Å². The van der Waals surface area contributed by atoms with Crippen LogP contribution in [0.15, 0.2) is 42.5 Å². The highest BCUT2D eigenvalue weighted by atomic mass is 35.5. The summed E-state index contributed by atoms with van der Waals surface area (Å²) < 4.78 is 13.7. The standard InChI is InChI=1S/C19H19Cl2FN2O2/c1-13(25)24(10-8-14-4-2-3-5-17(14)22)11-9-19(26)23-18-7-6-15(20)12-16(18)21/h2-7,12H,8-11H2,1H3,(H,23,26). The highest BCUT2D eigenvalue weighted by Crippen LogP contribution is 2.25. The lowest BCUT2D eigenvalue weighted by molar-refractivity contribution is -0.129. The van der Waals surface area contributed by atoms with Gasteiger partial charge in [0.05, 0.1) is 10.7 Å². The first-order valence-electron chi connectivity index (χ1n) is 8.10. The molecule has 4 nitrogen and oxygen atoms in total. The first kappa shape index (κ1) is 20.2. The van der Waals surface area contributed by atoms with Gasteiger partial charge in [-0.05, 0) is 36.2 Å². The van der Waals surface area contributed by atoms with Crippen molar-refractivity contribution in [1.82, 2.24) is 4.90 Å². The molecule has 1 N–H and O–H groups in total. The summed E-state index contributed by atoms with van der Waals surface area (Å²) in [5.41, 5.74) is 0.998. The van der Waals surface area contributed by atoms with E-state index in [0.29, 0.717) is 34.3 Å². The Morgan fingerprint density at radius 2 is 1.85 bits per heavy atom. The lowest BCUT2D eigenvalue weighted by atomic mass is 10.1. The number of anilines is 1. The summed E-state index contributed by atoms with van der Waals surface area (Å²) in [7, 11) is 0. The Morgan fingerprint density at radius 1 is 1.12 bits per heavy atom. The number of carbonyl (C=O) groups is 2. The van der Waals surface area contributed by atoms with Gasteiger partial charge in [-0.2, -0.15) is 0 Å². The molecule has 0 radical (unpaired) electrons. The molecule has 0 aromatic heterocycles. The average molecular weight is 397 g/mol. The van der Waals surface area contributed by atoms with Crippen LogP contribution in [0.3, 0.4) is 0 Å². The number of benzene rings is 2. The minimum atomic E-state index is -0.300. The molecule has 0 bridgehead atoms. The molecule has 2 aromatic rings. The summed E-state index contributed by atoms with van der Waals surface area (Å²) >= 11 is 11.8. The Bertz CT molecular complexity index is 799. The van der Waals surface area contributed by atoms with Crippen LogP contribution in [0, 0.1) is 5.82 Å². The van der Waals surface area contributed by atoms with Crippen molar-refractivity contribution in [2.24, 2.45) is 0 Å². The summed E-state index contributed by atoms with van der Waals surface area (Å²) in [6.45, 7) is 2.00. The van der Waals surface area contributed by atoms with E-state index < -0.39 is 0 Å². The Balaban J connectivity index is 1.88. The summed E-state index contributed by atoms with van der Waals surface area (Å²) in [6.07, 6.45) is 0.493. The number of nitrogens with zero attached hydrogens (tertiary/aromatic N) is 1. The fourth-order valence-electron chi connectivity index (χ4n) is 2.42. The van der Waals surface area contributed by atoms with Gasteiger partial charge in [0.25, 0.3) is 0 Å². The molecular formula is C19H19Cl2FN2O2. The molecule has 26 heavy (non-hydrogen) atoms. The molecule has 0 fully saturated rings. The molecule has 0 saturated carbocycles. The van der Waals surface area contributed by atoms with Gasteiger partial charge in [-0.1, -0.05) is 41.4 Å². The fraction of sp³-hybridized carbons (Fsp3) is 0.263. The van der Waals surface area contributed by atoms with Crippen molar-refractivity contribution >= 4 is 40.7 Å². The molecule has 0 aliphatic rings. The second kappa shape index (κ2) is 9.55. The van der Waals surface area contributed by atoms with Crippen LogP contribution >= 0.6 is 23.2 Å². The van der Waals surface area contributed by atoms with Crippen molar-refractivity contribution in [2.45, 2.75) is 19.8 Å². The number of amides is 2. The topological polar surface area (TPSA) is 49.4 Å². The molecule has 0 aliphatic carbocycles. The highest BCUT2D eigenvalue weighted by Gasteiger charge is 2.13. The molecule has 0 spiro atoms. The Labute approximate surface area is 161 Å². The largest absolute Gasteiger partial charge is 0.342 e. The predicted molar refractivity (Wildman–Crippen MR) is 102 cm³/mol. The van der Waals surface area contributed by atoms with Gasteiger partial charge in [-0.15, -0.1) is 0 Å². The van der Waals surface area contributed by atoms with Crippen LogP contribution in [-0.2, 0) is 16.0 Å². The molecule has 138 valence electrons. The third-order valence-corrected chi connectivity index (χ3v) is 4.42. The zero-order valence-electron chi connectivity index (χ0n) is 14.3. The number of hydrogen-bond donors (Lipinski definition) is 1. The van der Waals surface area contributed by atoms with Crippen molar-refractivity contribution < 1.29 is 14.0 Å². The van der Waals surface area contributed by atoms with Crippen LogP contribution in [-0.4, -0.2) is 29.8 Å². The first-order chi connectivity index (χ1) is 12.4. The Morgan fingerprint density at radius 3 is 2.50 bits per heavy atom. The van der Waals surface area contributed by atoms with Crippen molar-refractivity contribution in [3.63, 3.8) is 0 Å². The number of hydrogen-bond acceptors (Lipinski definition) is 2. The molecule has 0 saturated heterocycles. The summed E-state index contributed by atoms with van der Waals surface area (Å²) in [4.78, 5) is 25.4.